The molecule has 0 aromatic rings. The zero-order valence-corrected chi connectivity index (χ0v) is 6.72. The van der Waals surface area contributed by atoms with E-state index >= 15 is 0 Å². The molecule has 0 amide bonds. The highest BCUT2D eigenvalue weighted by Crippen LogP contribution is 2.03. The van der Waals surface area contributed by atoms with Crippen LogP contribution in [-0.4, -0.2) is 68.0 Å². The zero-order chi connectivity index (χ0) is 10.4. The van der Waals surface area contributed by atoms with Gasteiger partial charge in [-0.1, -0.05) is 5.16 Å². The molecule has 7 heteroatoms. The van der Waals surface area contributed by atoms with Crippen LogP contribution in [0.25, 0.3) is 0 Å². The van der Waals surface area contributed by atoms with E-state index in [-0.39, 0.29) is 0 Å². The highest BCUT2D eigenvalue weighted by Gasteiger charge is 2.29. The largest absolute Gasteiger partial charge is 0.411 e. The molecule has 0 aromatic carbocycles. The lowest BCUT2D eigenvalue weighted by molar-refractivity contribution is -0.100. The second-order valence-electron chi connectivity index (χ2n) is 2.49. The molecule has 0 rings (SSSR count). The van der Waals surface area contributed by atoms with Crippen molar-refractivity contribution in [1.29, 1.82) is 0 Å². The predicted octanol–water partition coefficient (Wildman–Crippen LogP) is -3.12. The van der Waals surface area contributed by atoms with Gasteiger partial charge in [0, 0.05) is 0 Å². The molecule has 0 aliphatic rings. The van der Waals surface area contributed by atoms with Gasteiger partial charge < -0.3 is 30.7 Å². The first-order valence-corrected chi connectivity index (χ1v) is 3.55. The SMILES string of the molecule is OC[C@@H](O)[C@H](O)[C@H](O)[C@@H](O)/C=N/O. The smallest absolute Gasteiger partial charge is 0.121 e. The zero-order valence-electron chi connectivity index (χ0n) is 6.72. The molecule has 0 spiro atoms. The predicted molar refractivity (Wildman–Crippen MR) is 41.4 cm³/mol. The Balaban J connectivity index is 4.15. The molecule has 0 bridgehead atoms. The van der Waals surface area contributed by atoms with Crippen molar-refractivity contribution in [2.75, 3.05) is 6.61 Å². The molecule has 4 atom stereocenters. The Morgan fingerprint density at radius 1 is 1.08 bits per heavy atom. The summed E-state index contributed by atoms with van der Waals surface area (Å²) < 4.78 is 0. The van der Waals surface area contributed by atoms with E-state index in [1.54, 1.807) is 0 Å². The summed E-state index contributed by atoms with van der Waals surface area (Å²) in [5.41, 5.74) is 0. The van der Waals surface area contributed by atoms with Crippen LogP contribution in [0.3, 0.4) is 0 Å². The molecular weight excluding hydrogens is 182 g/mol. The van der Waals surface area contributed by atoms with Gasteiger partial charge in [0.15, 0.2) is 0 Å². The van der Waals surface area contributed by atoms with E-state index in [4.69, 9.17) is 30.7 Å². The lowest BCUT2D eigenvalue weighted by Crippen LogP contribution is -2.46. The second kappa shape index (κ2) is 5.84. The van der Waals surface area contributed by atoms with Gasteiger partial charge in [0.1, 0.15) is 24.4 Å². The molecule has 0 aliphatic heterocycles. The maximum atomic E-state index is 9.05. The van der Waals surface area contributed by atoms with E-state index in [9.17, 15) is 0 Å². The van der Waals surface area contributed by atoms with Crippen LogP contribution in [0.15, 0.2) is 5.16 Å². The van der Waals surface area contributed by atoms with E-state index < -0.39 is 31.0 Å². The summed E-state index contributed by atoms with van der Waals surface area (Å²) in [6.45, 7) is -0.749. The van der Waals surface area contributed by atoms with E-state index in [0.717, 1.165) is 0 Å². The van der Waals surface area contributed by atoms with Crippen molar-refractivity contribution in [1.82, 2.24) is 0 Å². The van der Waals surface area contributed by atoms with Crippen LogP contribution in [0, 0.1) is 0 Å². The minimum Gasteiger partial charge on any atom is -0.411 e. The molecular formula is C6H13NO6. The molecule has 7 nitrogen and oxygen atoms in total. The van der Waals surface area contributed by atoms with Crippen LogP contribution in [0.2, 0.25) is 0 Å². The molecule has 13 heavy (non-hydrogen) atoms. The van der Waals surface area contributed by atoms with E-state index in [2.05, 4.69) is 5.16 Å². The average Bonchev–Trinajstić information content (AvgIpc) is 2.14. The Kier molecular flexibility index (Phi) is 5.51. The van der Waals surface area contributed by atoms with Gasteiger partial charge in [0.2, 0.25) is 0 Å². The third kappa shape index (κ3) is 3.66. The molecule has 78 valence electrons. The fourth-order valence-corrected chi connectivity index (χ4v) is 0.694. The van der Waals surface area contributed by atoms with Gasteiger partial charge >= 0.3 is 0 Å². The molecule has 0 saturated heterocycles. The van der Waals surface area contributed by atoms with E-state index in [0.29, 0.717) is 6.21 Å². The topological polar surface area (TPSA) is 134 Å². The first-order valence-electron chi connectivity index (χ1n) is 3.55. The van der Waals surface area contributed by atoms with Crippen molar-refractivity contribution in [3.05, 3.63) is 0 Å². The third-order valence-corrected chi connectivity index (χ3v) is 1.50. The van der Waals surface area contributed by atoms with Crippen LogP contribution in [0.4, 0.5) is 0 Å². The third-order valence-electron chi connectivity index (χ3n) is 1.50. The van der Waals surface area contributed by atoms with Crippen LogP contribution in [0.5, 0.6) is 0 Å². The Hall–Kier alpha value is -0.730. The van der Waals surface area contributed by atoms with Crippen LogP contribution >= 0.6 is 0 Å². The molecule has 0 aliphatic carbocycles. The van der Waals surface area contributed by atoms with Gasteiger partial charge in [0.05, 0.1) is 12.8 Å². The van der Waals surface area contributed by atoms with Crippen molar-refractivity contribution in [2.45, 2.75) is 24.4 Å². The Bertz CT molecular complexity index is 163. The maximum Gasteiger partial charge on any atom is 0.121 e. The Morgan fingerprint density at radius 2 is 1.62 bits per heavy atom. The molecule has 0 heterocycles. The van der Waals surface area contributed by atoms with Gasteiger partial charge in [-0.2, -0.15) is 0 Å². The fourth-order valence-electron chi connectivity index (χ4n) is 0.694. The number of oxime groups is 1. The van der Waals surface area contributed by atoms with Crippen molar-refractivity contribution >= 4 is 6.21 Å². The molecule has 0 unspecified atom stereocenters. The number of aliphatic hydroxyl groups is 5. The first kappa shape index (κ1) is 12.3. The summed E-state index contributed by atoms with van der Waals surface area (Å²) in [7, 11) is 0. The van der Waals surface area contributed by atoms with Crippen molar-refractivity contribution in [3.8, 4) is 0 Å². The summed E-state index contributed by atoms with van der Waals surface area (Å²) in [6, 6.07) is 0. The Morgan fingerprint density at radius 3 is 2.00 bits per heavy atom. The number of rotatable bonds is 5. The number of nitrogens with zero attached hydrogens (tertiary/aromatic N) is 1. The monoisotopic (exact) mass is 195 g/mol. The lowest BCUT2D eigenvalue weighted by Gasteiger charge is -2.23. The van der Waals surface area contributed by atoms with Crippen molar-refractivity contribution < 1.29 is 30.7 Å². The summed E-state index contributed by atoms with van der Waals surface area (Å²) in [5, 5.41) is 54.6. The van der Waals surface area contributed by atoms with E-state index in [1.165, 1.54) is 0 Å². The van der Waals surface area contributed by atoms with E-state index in [1.807, 2.05) is 0 Å². The fraction of sp³-hybridized carbons (Fsp3) is 0.833. The van der Waals surface area contributed by atoms with Gasteiger partial charge in [-0.15, -0.1) is 0 Å². The highest BCUT2D eigenvalue weighted by molar-refractivity contribution is 5.62. The lowest BCUT2D eigenvalue weighted by atomic mass is 10.0. The summed E-state index contributed by atoms with van der Waals surface area (Å²) in [5.74, 6) is 0. The summed E-state index contributed by atoms with van der Waals surface area (Å²) in [6.07, 6.45) is -6.02. The number of hydrogen-bond donors (Lipinski definition) is 6. The van der Waals surface area contributed by atoms with Crippen LogP contribution < -0.4 is 0 Å². The second-order valence-corrected chi connectivity index (χ2v) is 2.49. The average molecular weight is 195 g/mol. The molecule has 0 saturated carbocycles. The van der Waals surface area contributed by atoms with Crippen LogP contribution in [-0.2, 0) is 0 Å². The minimum atomic E-state index is -1.72. The summed E-state index contributed by atoms with van der Waals surface area (Å²) in [4.78, 5) is 0. The van der Waals surface area contributed by atoms with Crippen molar-refractivity contribution in [3.63, 3.8) is 0 Å². The molecule has 0 radical (unpaired) electrons. The Labute approximate surface area is 74.2 Å². The maximum absolute atomic E-state index is 9.05. The first-order chi connectivity index (χ1) is 6.04. The van der Waals surface area contributed by atoms with Crippen LogP contribution in [0.1, 0.15) is 0 Å². The normalized spacial score (nSPS) is 21.3. The van der Waals surface area contributed by atoms with Gasteiger partial charge in [-0.25, -0.2) is 0 Å². The minimum absolute atomic E-state index is 0.581. The molecule has 0 fully saturated rings. The molecule has 6 N–H and O–H groups in total. The van der Waals surface area contributed by atoms with Gasteiger partial charge in [-0.05, 0) is 0 Å². The van der Waals surface area contributed by atoms with Gasteiger partial charge in [-0.3, -0.25) is 0 Å². The standard InChI is InChI=1S/C6H13NO6/c8-2-4(10)6(12)5(11)3(9)1-7-13/h1,3-6,8-13H,2H2/b7-1+/t3-,4+,5+,6-/m0/s1. The number of aliphatic hydroxyl groups excluding tert-OH is 5. The number of hydrogen-bond acceptors (Lipinski definition) is 7. The molecule has 0 aromatic heterocycles. The summed E-state index contributed by atoms with van der Waals surface area (Å²) >= 11 is 0. The van der Waals surface area contributed by atoms with Gasteiger partial charge in [0.25, 0.3) is 0 Å². The quantitative estimate of drug-likeness (QED) is 0.156. The highest BCUT2D eigenvalue weighted by atomic mass is 16.4. The van der Waals surface area contributed by atoms with Crippen molar-refractivity contribution in [2.24, 2.45) is 5.16 Å².